The molecule has 3 aromatic rings. The monoisotopic (exact) mass is 363 g/mol. The lowest BCUT2D eigenvalue weighted by Crippen LogP contribution is -2.44. The third kappa shape index (κ3) is 3.67. The van der Waals surface area contributed by atoms with Gasteiger partial charge in [0.25, 0.3) is 0 Å². The predicted molar refractivity (Wildman–Crippen MR) is 99.7 cm³/mol. The molecule has 0 fully saturated rings. The molecule has 1 unspecified atom stereocenters. The van der Waals surface area contributed by atoms with Crippen LogP contribution in [0.5, 0.6) is 11.5 Å². The van der Waals surface area contributed by atoms with Crippen molar-refractivity contribution in [3.05, 3.63) is 60.8 Å². The first-order valence-corrected chi connectivity index (χ1v) is 8.52. The number of nitrogens with zero attached hydrogens (tertiary/aromatic N) is 1. The van der Waals surface area contributed by atoms with Gasteiger partial charge in [-0.25, -0.2) is 0 Å². The first kappa shape index (κ1) is 16.8. The standard InChI is InChI=1S/C20H17N3O4/c24-19(22-11-14-12-26-16-8-1-2-9-17(16)27-14)20(25)23-15-7-3-5-13-6-4-10-21-18(13)15/h1-10,14H,11-12H2,(H,22,24)(H,23,25). The predicted octanol–water partition coefficient (Wildman–Crippen LogP) is 2.13. The lowest BCUT2D eigenvalue weighted by molar-refractivity contribution is -0.136. The van der Waals surface area contributed by atoms with E-state index in [0.717, 1.165) is 5.39 Å². The van der Waals surface area contributed by atoms with Crippen LogP contribution in [-0.4, -0.2) is 36.1 Å². The molecule has 1 aliphatic heterocycles. The Morgan fingerprint density at radius 1 is 1.00 bits per heavy atom. The fourth-order valence-corrected chi connectivity index (χ4v) is 2.83. The van der Waals surface area contributed by atoms with Gasteiger partial charge in [-0.3, -0.25) is 14.6 Å². The second kappa shape index (κ2) is 7.33. The number of anilines is 1. The van der Waals surface area contributed by atoms with Crippen molar-refractivity contribution in [2.24, 2.45) is 0 Å². The van der Waals surface area contributed by atoms with Crippen LogP contribution in [0.3, 0.4) is 0 Å². The minimum atomic E-state index is -0.759. The highest BCUT2D eigenvalue weighted by Gasteiger charge is 2.23. The maximum Gasteiger partial charge on any atom is 0.313 e. The third-order valence-corrected chi connectivity index (χ3v) is 4.14. The largest absolute Gasteiger partial charge is 0.486 e. The molecule has 0 radical (unpaired) electrons. The molecule has 2 N–H and O–H groups in total. The molecular weight excluding hydrogens is 346 g/mol. The van der Waals surface area contributed by atoms with E-state index < -0.39 is 11.8 Å². The summed E-state index contributed by atoms with van der Waals surface area (Å²) in [4.78, 5) is 28.6. The van der Waals surface area contributed by atoms with E-state index in [2.05, 4.69) is 15.6 Å². The summed E-state index contributed by atoms with van der Waals surface area (Å²) in [6.45, 7) is 0.459. The zero-order valence-electron chi connectivity index (χ0n) is 14.3. The second-order valence-electron chi connectivity index (χ2n) is 6.04. The molecule has 1 aromatic heterocycles. The Hall–Kier alpha value is -3.61. The Morgan fingerprint density at radius 3 is 2.70 bits per heavy atom. The molecule has 1 atom stereocenters. The summed E-state index contributed by atoms with van der Waals surface area (Å²) >= 11 is 0. The number of hydrogen-bond acceptors (Lipinski definition) is 5. The van der Waals surface area contributed by atoms with E-state index in [9.17, 15) is 9.59 Å². The molecule has 4 rings (SSSR count). The molecule has 0 saturated heterocycles. The molecule has 136 valence electrons. The summed E-state index contributed by atoms with van der Waals surface area (Å²) in [5.41, 5.74) is 1.11. The van der Waals surface area contributed by atoms with Crippen molar-refractivity contribution >= 4 is 28.4 Å². The Labute approximate surface area is 155 Å². The van der Waals surface area contributed by atoms with Gasteiger partial charge in [-0.15, -0.1) is 0 Å². The van der Waals surface area contributed by atoms with Crippen molar-refractivity contribution in [3.63, 3.8) is 0 Å². The molecule has 0 saturated carbocycles. The Balaban J connectivity index is 1.35. The van der Waals surface area contributed by atoms with Crippen molar-refractivity contribution in [2.45, 2.75) is 6.10 Å². The van der Waals surface area contributed by atoms with Crippen LogP contribution in [0, 0.1) is 0 Å². The van der Waals surface area contributed by atoms with Gasteiger partial charge in [-0.2, -0.15) is 0 Å². The van der Waals surface area contributed by atoms with Gasteiger partial charge in [0.15, 0.2) is 11.5 Å². The van der Waals surface area contributed by atoms with E-state index in [-0.39, 0.29) is 12.6 Å². The number of amides is 2. The highest BCUT2D eigenvalue weighted by molar-refractivity contribution is 6.40. The third-order valence-electron chi connectivity index (χ3n) is 4.14. The van der Waals surface area contributed by atoms with E-state index in [1.165, 1.54) is 0 Å². The number of carbonyl (C=O) groups is 2. The van der Waals surface area contributed by atoms with Crippen molar-refractivity contribution < 1.29 is 19.1 Å². The molecule has 0 bridgehead atoms. The van der Waals surface area contributed by atoms with E-state index in [0.29, 0.717) is 29.3 Å². The van der Waals surface area contributed by atoms with Crippen molar-refractivity contribution in [1.29, 1.82) is 0 Å². The Bertz CT molecular complexity index is 1000. The van der Waals surface area contributed by atoms with Gasteiger partial charge in [0, 0.05) is 11.6 Å². The van der Waals surface area contributed by atoms with Crippen LogP contribution >= 0.6 is 0 Å². The van der Waals surface area contributed by atoms with Crippen LogP contribution in [0.15, 0.2) is 60.8 Å². The molecule has 27 heavy (non-hydrogen) atoms. The van der Waals surface area contributed by atoms with Gasteiger partial charge >= 0.3 is 11.8 Å². The zero-order chi connectivity index (χ0) is 18.6. The first-order valence-electron chi connectivity index (χ1n) is 8.52. The molecule has 0 spiro atoms. The highest BCUT2D eigenvalue weighted by atomic mass is 16.6. The quantitative estimate of drug-likeness (QED) is 0.696. The van der Waals surface area contributed by atoms with E-state index in [1.54, 1.807) is 24.4 Å². The van der Waals surface area contributed by atoms with Crippen molar-refractivity contribution in [1.82, 2.24) is 10.3 Å². The van der Waals surface area contributed by atoms with Crippen LogP contribution < -0.4 is 20.1 Å². The maximum absolute atomic E-state index is 12.2. The lowest BCUT2D eigenvalue weighted by atomic mass is 10.2. The number of rotatable bonds is 3. The summed E-state index contributed by atoms with van der Waals surface area (Å²) < 4.78 is 11.3. The van der Waals surface area contributed by atoms with E-state index in [4.69, 9.17) is 9.47 Å². The van der Waals surface area contributed by atoms with Gasteiger partial charge in [-0.1, -0.05) is 30.3 Å². The summed E-state index contributed by atoms with van der Waals surface area (Å²) in [6.07, 6.45) is 1.27. The van der Waals surface area contributed by atoms with Crippen LogP contribution in [0.4, 0.5) is 5.69 Å². The van der Waals surface area contributed by atoms with Gasteiger partial charge in [0.1, 0.15) is 12.7 Å². The van der Waals surface area contributed by atoms with Gasteiger partial charge in [0.2, 0.25) is 0 Å². The van der Waals surface area contributed by atoms with E-state index in [1.807, 2.05) is 36.4 Å². The fraction of sp³-hybridized carbons (Fsp3) is 0.150. The summed E-state index contributed by atoms with van der Waals surface area (Å²) in [5.74, 6) is -0.216. The Morgan fingerprint density at radius 2 is 1.81 bits per heavy atom. The average molecular weight is 363 g/mol. The molecule has 2 heterocycles. The van der Waals surface area contributed by atoms with Crippen LogP contribution in [0.1, 0.15) is 0 Å². The van der Waals surface area contributed by atoms with Gasteiger partial charge in [0.05, 0.1) is 17.7 Å². The molecule has 7 nitrogen and oxygen atoms in total. The number of ether oxygens (including phenoxy) is 2. The number of carbonyl (C=O) groups excluding carboxylic acids is 2. The number of aromatic nitrogens is 1. The summed E-state index contributed by atoms with van der Waals surface area (Å²) in [6, 6.07) is 16.4. The minimum absolute atomic E-state index is 0.161. The molecule has 1 aliphatic rings. The smallest absolute Gasteiger partial charge is 0.313 e. The number of para-hydroxylation sites is 3. The van der Waals surface area contributed by atoms with E-state index >= 15 is 0 Å². The fourth-order valence-electron chi connectivity index (χ4n) is 2.83. The van der Waals surface area contributed by atoms with Gasteiger partial charge in [-0.05, 0) is 24.3 Å². The normalized spacial score (nSPS) is 15.2. The number of nitrogens with one attached hydrogen (secondary N) is 2. The molecule has 0 aliphatic carbocycles. The van der Waals surface area contributed by atoms with Crippen molar-refractivity contribution in [2.75, 3.05) is 18.5 Å². The van der Waals surface area contributed by atoms with Gasteiger partial charge < -0.3 is 20.1 Å². The number of fused-ring (bicyclic) bond motifs is 2. The topological polar surface area (TPSA) is 89.5 Å². The SMILES string of the molecule is O=C(NCC1COc2ccccc2O1)C(=O)Nc1cccc2cccnc12. The molecule has 2 aromatic carbocycles. The molecular formula is C20H17N3O4. The summed E-state index contributed by atoms with van der Waals surface area (Å²) in [5, 5.41) is 6.05. The highest BCUT2D eigenvalue weighted by Crippen LogP contribution is 2.30. The molecule has 7 heteroatoms. The molecule has 2 amide bonds. The van der Waals surface area contributed by atoms with Crippen molar-refractivity contribution in [3.8, 4) is 11.5 Å². The maximum atomic E-state index is 12.2. The Kier molecular flexibility index (Phi) is 4.57. The first-order chi connectivity index (χ1) is 13.2. The average Bonchev–Trinajstić information content (AvgIpc) is 2.72. The number of hydrogen-bond donors (Lipinski definition) is 2. The number of benzene rings is 2. The summed E-state index contributed by atoms with van der Waals surface area (Å²) in [7, 11) is 0. The number of pyridine rings is 1. The second-order valence-corrected chi connectivity index (χ2v) is 6.04. The van der Waals surface area contributed by atoms with Crippen LogP contribution in [0.2, 0.25) is 0 Å². The lowest BCUT2D eigenvalue weighted by Gasteiger charge is -2.26. The zero-order valence-corrected chi connectivity index (χ0v) is 14.3. The van der Waals surface area contributed by atoms with Crippen LogP contribution in [0.25, 0.3) is 10.9 Å². The van der Waals surface area contributed by atoms with Crippen LogP contribution in [-0.2, 0) is 9.59 Å². The minimum Gasteiger partial charge on any atom is -0.486 e.